The number of hydrogen-bond acceptors (Lipinski definition) is 7. The lowest BCUT2D eigenvalue weighted by Crippen LogP contribution is -2.27. The average molecular weight is 532 g/mol. The number of carbonyl (C=O) groups excluding carboxylic acids is 1. The van der Waals surface area contributed by atoms with Gasteiger partial charge in [-0.05, 0) is 111 Å². The maximum Gasteiger partial charge on any atom is 0.129 e. The van der Waals surface area contributed by atoms with Crippen molar-refractivity contribution in [1.29, 1.82) is 0 Å². The Hall–Kier alpha value is -3.58. The van der Waals surface area contributed by atoms with Gasteiger partial charge in [0.2, 0.25) is 0 Å². The van der Waals surface area contributed by atoms with Gasteiger partial charge in [0.05, 0.1) is 7.11 Å². The average Bonchev–Trinajstić information content (AvgIpc) is 3.32. The van der Waals surface area contributed by atoms with E-state index in [1.807, 2.05) is 6.07 Å². The lowest BCUT2D eigenvalue weighted by atomic mass is 10.00. The van der Waals surface area contributed by atoms with Crippen LogP contribution < -0.4 is 26.1 Å². The molecule has 1 aliphatic rings. The third-order valence-electron chi connectivity index (χ3n) is 6.98. The second-order valence-electron chi connectivity index (χ2n) is 10.3. The van der Waals surface area contributed by atoms with Gasteiger partial charge >= 0.3 is 0 Å². The maximum atomic E-state index is 11.0. The van der Waals surface area contributed by atoms with E-state index in [2.05, 4.69) is 77.0 Å². The first kappa shape index (κ1) is 30.0. The minimum absolute atomic E-state index is 0.251. The number of unbranched alkanes of at least 4 members (excludes halogenated alkanes) is 1. The molecule has 2 aromatic rings. The van der Waals surface area contributed by atoms with Crippen molar-refractivity contribution in [1.82, 2.24) is 16.1 Å². The SMILES string of the molecule is C=NN/C(Nc1cccc(C)c1)=C1/Cc2cc(CCCCC(=C)NCCNCCCC(C)=O)c(OC)cc2C1. The van der Waals surface area contributed by atoms with Crippen LogP contribution in [0.5, 0.6) is 5.75 Å². The second-order valence-corrected chi connectivity index (χ2v) is 10.3. The molecule has 39 heavy (non-hydrogen) atoms. The van der Waals surface area contributed by atoms with E-state index < -0.39 is 0 Å². The number of rotatable bonds is 18. The van der Waals surface area contributed by atoms with Crippen molar-refractivity contribution in [2.75, 3.05) is 32.1 Å². The molecule has 210 valence electrons. The van der Waals surface area contributed by atoms with E-state index in [0.29, 0.717) is 6.42 Å². The van der Waals surface area contributed by atoms with Crippen molar-refractivity contribution >= 4 is 18.2 Å². The van der Waals surface area contributed by atoms with Gasteiger partial charge in [0.1, 0.15) is 17.4 Å². The molecule has 3 rings (SSSR count). The fourth-order valence-corrected chi connectivity index (χ4v) is 4.93. The van der Waals surface area contributed by atoms with Gasteiger partial charge in [-0.3, -0.25) is 5.43 Å². The smallest absolute Gasteiger partial charge is 0.129 e. The largest absolute Gasteiger partial charge is 0.496 e. The molecular weight excluding hydrogens is 486 g/mol. The van der Waals surface area contributed by atoms with Crippen LogP contribution in [-0.2, 0) is 24.1 Å². The zero-order valence-corrected chi connectivity index (χ0v) is 23.9. The monoisotopic (exact) mass is 531 g/mol. The summed E-state index contributed by atoms with van der Waals surface area (Å²) in [6.45, 7) is 14.1. The van der Waals surface area contributed by atoms with Gasteiger partial charge in [-0.2, -0.15) is 5.10 Å². The number of methoxy groups -OCH3 is 1. The van der Waals surface area contributed by atoms with Gasteiger partial charge in [0.25, 0.3) is 0 Å². The van der Waals surface area contributed by atoms with Crippen LogP contribution in [0.2, 0.25) is 0 Å². The fraction of sp³-hybridized carbons (Fsp3) is 0.438. The molecule has 7 heteroatoms. The Kier molecular flexibility index (Phi) is 12.1. The summed E-state index contributed by atoms with van der Waals surface area (Å²) in [5, 5.41) is 14.2. The van der Waals surface area contributed by atoms with E-state index in [-0.39, 0.29) is 5.78 Å². The van der Waals surface area contributed by atoms with Crippen LogP contribution in [0, 0.1) is 6.92 Å². The zero-order chi connectivity index (χ0) is 28.0. The number of nitrogens with one attached hydrogen (secondary N) is 4. The highest BCUT2D eigenvalue weighted by molar-refractivity contribution is 5.75. The highest BCUT2D eigenvalue weighted by atomic mass is 16.5. The standard InChI is InChI=1S/C32H45N5O2/c1-23-10-8-14-30(18-23)36-32(37-33-4)29-20-27-19-26(31(39-5)22-28(27)21-29)13-7-6-11-24(2)35-17-16-34-15-9-12-25(3)38/h8,10,14,18-19,22,34-37H,2,4,6-7,9,11-13,15-17,20-21H2,1,3,5H3/b32-29-. The Morgan fingerprint density at radius 2 is 1.82 bits per heavy atom. The molecule has 0 aromatic heterocycles. The number of ether oxygens (including phenoxy) is 1. The van der Waals surface area contributed by atoms with Gasteiger partial charge in [-0.15, -0.1) is 0 Å². The van der Waals surface area contributed by atoms with Crippen LogP contribution in [0.15, 0.2) is 65.2 Å². The lowest BCUT2D eigenvalue weighted by Gasteiger charge is -2.14. The molecule has 0 atom stereocenters. The first-order valence-corrected chi connectivity index (χ1v) is 14.0. The second kappa shape index (κ2) is 15.7. The number of allylic oxidation sites excluding steroid dienone is 2. The summed E-state index contributed by atoms with van der Waals surface area (Å²) < 4.78 is 5.78. The summed E-state index contributed by atoms with van der Waals surface area (Å²) in [6, 6.07) is 12.8. The van der Waals surface area contributed by atoms with Crippen molar-refractivity contribution in [3.05, 3.63) is 82.3 Å². The Bertz CT molecular complexity index is 1170. The summed E-state index contributed by atoms with van der Waals surface area (Å²) in [6.07, 6.45) is 7.34. The minimum atomic E-state index is 0.251. The number of nitrogens with zero attached hydrogens (tertiary/aromatic N) is 1. The summed E-state index contributed by atoms with van der Waals surface area (Å²) in [5.41, 5.74) is 11.5. The van der Waals surface area contributed by atoms with Crippen LogP contribution in [-0.4, -0.2) is 39.2 Å². The van der Waals surface area contributed by atoms with Crippen molar-refractivity contribution < 1.29 is 9.53 Å². The summed E-state index contributed by atoms with van der Waals surface area (Å²) in [5.74, 6) is 2.11. The highest BCUT2D eigenvalue weighted by Crippen LogP contribution is 2.34. The van der Waals surface area contributed by atoms with Crippen LogP contribution in [0.4, 0.5) is 5.69 Å². The fourth-order valence-electron chi connectivity index (χ4n) is 4.93. The molecule has 0 spiro atoms. The molecule has 2 aromatic carbocycles. The molecule has 0 radical (unpaired) electrons. The number of carbonyl (C=O) groups is 1. The van der Waals surface area contributed by atoms with Gasteiger partial charge in [0.15, 0.2) is 0 Å². The highest BCUT2D eigenvalue weighted by Gasteiger charge is 2.22. The van der Waals surface area contributed by atoms with Gasteiger partial charge < -0.3 is 25.5 Å². The number of hydrazone groups is 1. The summed E-state index contributed by atoms with van der Waals surface area (Å²) in [4.78, 5) is 11.0. The Morgan fingerprint density at radius 1 is 1.03 bits per heavy atom. The molecule has 0 fully saturated rings. The van der Waals surface area contributed by atoms with E-state index >= 15 is 0 Å². The number of benzene rings is 2. The van der Waals surface area contributed by atoms with Crippen molar-refractivity contribution in [2.45, 2.75) is 65.2 Å². The Balaban J connectivity index is 1.49. The van der Waals surface area contributed by atoms with Crippen molar-refractivity contribution in [3.63, 3.8) is 0 Å². The minimum Gasteiger partial charge on any atom is -0.496 e. The van der Waals surface area contributed by atoms with Gasteiger partial charge in [0, 0.05) is 37.6 Å². The number of Topliss-reactive ketones (excluding diaryl/α,β-unsaturated/α-hetero) is 1. The van der Waals surface area contributed by atoms with E-state index in [9.17, 15) is 4.79 Å². The number of hydrogen-bond donors (Lipinski definition) is 4. The van der Waals surface area contributed by atoms with Gasteiger partial charge in [-0.1, -0.05) is 24.8 Å². The number of anilines is 1. The molecule has 0 aliphatic heterocycles. The van der Waals surface area contributed by atoms with E-state index in [0.717, 1.165) is 87.5 Å². The topological polar surface area (TPSA) is 86.8 Å². The van der Waals surface area contributed by atoms with E-state index in [1.54, 1.807) is 14.0 Å². The maximum absolute atomic E-state index is 11.0. The molecule has 0 unspecified atom stereocenters. The number of fused-ring (bicyclic) bond motifs is 1. The van der Waals surface area contributed by atoms with Crippen LogP contribution in [0.1, 0.15) is 61.3 Å². The molecular formula is C32H45N5O2. The van der Waals surface area contributed by atoms with Crippen molar-refractivity contribution in [2.24, 2.45) is 5.10 Å². The quantitative estimate of drug-likeness (QED) is 0.117. The first-order chi connectivity index (χ1) is 18.9. The lowest BCUT2D eigenvalue weighted by molar-refractivity contribution is -0.117. The van der Waals surface area contributed by atoms with E-state index in [1.165, 1.54) is 27.8 Å². The molecule has 4 N–H and O–H groups in total. The first-order valence-electron chi connectivity index (χ1n) is 14.0. The zero-order valence-electron chi connectivity index (χ0n) is 23.9. The van der Waals surface area contributed by atoms with Crippen LogP contribution in [0.3, 0.4) is 0 Å². The predicted molar refractivity (Wildman–Crippen MR) is 162 cm³/mol. The number of ketones is 1. The normalized spacial score (nSPS) is 13.4. The van der Waals surface area contributed by atoms with Crippen LogP contribution >= 0.6 is 0 Å². The molecule has 0 amide bonds. The Morgan fingerprint density at radius 3 is 2.54 bits per heavy atom. The molecule has 7 nitrogen and oxygen atoms in total. The van der Waals surface area contributed by atoms with E-state index in [4.69, 9.17) is 4.74 Å². The third kappa shape index (κ3) is 9.91. The predicted octanol–water partition coefficient (Wildman–Crippen LogP) is 5.41. The molecule has 0 saturated heterocycles. The third-order valence-corrected chi connectivity index (χ3v) is 6.98. The molecule has 0 heterocycles. The molecule has 1 aliphatic carbocycles. The Labute approximate surface area is 234 Å². The van der Waals surface area contributed by atoms with Crippen LogP contribution in [0.25, 0.3) is 0 Å². The van der Waals surface area contributed by atoms with Gasteiger partial charge in [-0.25, -0.2) is 0 Å². The summed E-state index contributed by atoms with van der Waals surface area (Å²) >= 11 is 0. The number of aryl methyl sites for hydroxylation is 2. The van der Waals surface area contributed by atoms with Crippen molar-refractivity contribution in [3.8, 4) is 5.75 Å². The molecule has 0 saturated carbocycles. The summed E-state index contributed by atoms with van der Waals surface area (Å²) in [7, 11) is 1.75. The molecule has 0 bridgehead atoms.